The van der Waals surface area contributed by atoms with E-state index in [0.29, 0.717) is 17.0 Å². The molecule has 186 valence electrons. The molecule has 2 heterocycles. The van der Waals surface area contributed by atoms with Crippen LogP contribution in [0, 0.1) is 5.92 Å². The Morgan fingerprint density at radius 3 is 2.50 bits per heavy atom. The lowest BCUT2D eigenvalue weighted by atomic mass is 9.87. The lowest BCUT2D eigenvalue weighted by Crippen LogP contribution is -2.20. The first-order valence-electron chi connectivity index (χ1n) is 10.5. The SMILES string of the molecule is COc1cc2nn([C@H]3CC[C@H](CO)CC3)cc2cc1NC(=O)c1cccc(S(F)(F)(F)(F)F)n1. The van der Waals surface area contributed by atoms with Crippen molar-refractivity contribution in [2.24, 2.45) is 5.92 Å². The summed E-state index contributed by atoms with van der Waals surface area (Å²) < 4.78 is 72.5. The minimum Gasteiger partial charge on any atom is -0.494 e. The summed E-state index contributed by atoms with van der Waals surface area (Å²) in [5.41, 5.74) is -0.104. The van der Waals surface area contributed by atoms with Crippen LogP contribution in [0.5, 0.6) is 5.75 Å². The number of benzene rings is 1. The predicted molar refractivity (Wildman–Crippen MR) is 118 cm³/mol. The zero-order valence-corrected chi connectivity index (χ0v) is 18.9. The molecule has 0 unspecified atom stereocenters. The molecule has 1 aromatic carbocycles. The minimum atomic E-state index is -10.0. The molecule has 4 rings (SSSR count). The van der Waals surface area contributed by atoms with Crippen LogP contribution in [0.4, 0.5) is 25.1 Å². The van der Waals surface area contributed by atoms with E-state index in [0.717, 1.165) is 31.7 Å². The van der Waals surface area contributed by atoms with Crippen LogP contribution in [0.2, 0.25) is 0 Å². The summed E-state index contributed by atoms with van der Waals surface area (Å²) in [7, 11) is -8.69. The highest BCUT2D eigenvalue weighted by Gasteiger charge is 2.67. The van der Waals surface area contributed by atoms with E-state index in [1.807, 2.05) is 4.68 Å². The number of anilines is 1. The van der Waals surface area contributed by atoms with E-state index < -0.39 is 26.9 Å². The summed E-state index contributed by atoms with van der Waals surface area (Å²) in [5, 5.41) is 14.5. The van der Waals surface area contributed by atoms with Gasteiger partial charge in [-0.2, -0.15) is 5.10 Å². The molecule has 3 aromatic rings. The first-order valence-corrected chi connectivity index (χ1v) is 12.4. The first kappa shape index (κ1) is 24.2. The van der Waals surface area contributed by atoms with Crippen LogP contribution in [-0.2, 0) is 0 Å². The molecule has 1 amide bonds. The monoisotopic (exact) mass is 506 g/mol. The fraction of sp³-hybridized carbons (Fsp3) is 0.381. The van der Waals surface area contributed by atoms with Gasteiger partial charge < -0.3 is 15.2 Å². The third-order valence-electron chi connectivity index (χ3n) is 5.89. The molecule has 2 N–H and O–H groups in total. The molecule has 0 spiro atoms. The highest BCUT2D eigenvalue weighted by molar-refractivity contribution is 8.45. The number of nitrogens with zero attached hydrogens (tertiary/aromatic N) is 3. The minimum absolute atomic E-state index is 0.128. The topological polar surface area (TPSA) is 89.3 Å². The van der Waals surface area contributed by atoms with E-state index in [-0.39, 0.29) is 36.1 Å². The number of ether oxygens (including phenoxy) is 1. The van der Waals surface area contributed by atoms with E-state index in [1.54, 1.807) is 18.3 Å². The number of fused-ring (bicyclic) bond motifs is 1. The summed E-state index contributed by atoms with van der Waals surface area (Å²) in [5.74, 6) is -0.621. The number of hydrogen-bond donors (Lipinski definition) is 2. The molecule has 0 radical (unpaired) electrons. The first-order chi connectivity index (χ1) is 15.8. The summed E-state index contributed by atoms with van der Waals surface area (Å²) in [4.78, 5) is 15.4. The number of aromatic nitrogens is 3. The molecule has 7 nitrogen and oxygen atoms in total. The Labute approximate surface area is 191 Å². The van der Waals surface area contributed by atoms with Gasteiger partial charge in [-0.15, -0.1) is 0 Å². The lowest BCUT2D eigenvalue weighted by molar-refractivity contribution is 0.102. The van der Waals surface area contributed by atoms with E-state index >= 15 is 0 Å². The molecule has 13 heteroatoms. The average molecular weight is 506 g/mol. The Bertz CT molecular complexity index is 1240. The standard InChI is InChI=1S/C21H23F5N4O3S/c1-33-19-10-17-14(11-30(29-17)15-7-5-13(12-31)6-8-15)9-18(19)28-21(32)16-3-2-4-20(27-16)34(22,23,24,25)26/h2-4,9-11,13,15,31H,5-8,12H2,1H3,(H,28,32)/t13-,15-. The van der Waals surface area contributed by atoms with Gasteiger partial charge in [0.2, 0.25) is 0 Å². The molecule has 2 aromatic heterocycles. The molecular formula is C21H23F5N4O3S. The number of halogens is 5. The number of nitrogens with one attached hydrogen (secondary N) is 1. The van der Waals surface area contributed by atoms with Crippen molar-refractivity contribution in [3.63, 3.8) is 0 Å². The zero-order valence-electron chi connectivity index (χ0n) is 18.1. The number of pyridine rings is 1. The van der Waals surface area contributed by atoms with Gasteiger partial charge in [0.15, 0.2) is 5.03 Å². The number of hydrogen-bond acceptors (Lipinski definition) is 5. The number of aliphatic hydroxyl groups is 1. The van der Waals surface area contributed by atoms with Crippen molar-refractivity contribution < 1.29 is 34.1 Å². The van der Waals surface area contributed by atoms with Gasteiger partial charge in [-0.3, -0.25) is 9.48 Å². The Kier molecular flexibility index (Phi) is 5.55. The van der Waals surface area contributed by atoms with Gasteiger partial charge >= 0.3 is 10.2 Å². The third kappa shape index (κ3) is 5.09. The fourth-order valence-electron chi connectivity index (χ4n) is 4.06. The molecule has 0 bridgehead atoms. The second-order valence-corrected chi connectivity index (χ2v) is 10.7. The van der Waals surface area contributed by atoms with Gasteiger partial charge in [0, 0.05) is 24.3 Å². The third-order valence-corrected chi connectivity index (χ3v) is 6.91. The number of carbonyl (C=O) groups excluding carboxylic acids is 1. The maximum absolute atomic E-state index is 13.1. The molecule has 0 aliphatic heterocycles. The van der Waals surface area contributed by atoms with Crippen molar-refractivity contribution in [1.82, 2.24) is 14.8 Å². The molecule has 1 aliphatic carbocycles. The molecule has 0 atom stereocenters. The largest absolute Gasteiger partial charge is 0.494 e. The predicted octanol–water partition coefficient (Wildman–Crippen LogP) is 6.07. The summed E-state index contributed by atoms with van der Waals surface area (Å²) in [6.45, 7) is 0.161. The normalized spacial score (nSPS) is 21.0. The van der Waals surface area contributed by atoms with Gasteiger partial charge in [0.25, 0.3) is 5.91 Å². The quantitative estimate of drug-likeness (QED) is 0.396. The highest BCUT2D eigenvalue weighted by Crippen LogP contribution is 3.01. The highest BCUT2D eigenvalue weighted by atomic mass is 32.5. The van der Waals surface area contributed by atoms with Gasteiger partial charge in [-0.25, -0.2) is 4.98 Å². The van der Waals surface area contributed by atoms with Crippen LogP contribution in [-0.4, -0.2) is 39.5 Å². The van der Waals surface area contributed by atoms with E-state index in [9.17, 15) is 29.3 Å². The van der Waals surface area contributed by atoms with Gasteiger partial charge in [-0.05, 0) is 49.8 Å². The second kappa shape index (κ2) is 7.80. The zero-order chi connectivity index (χ0) is 24.8. The summed E-state index contributed by atoms with van der Waals surface area (Å²) in [6.07, 6.45) is 5.27. The Hall–Kier alpha value is -2.93. The van der Waals surface area contributed by atoms with Crippen molar-refractivity contribution in [3.8, 4) is 5.75 Å². The molecular weight excluding hydrogens is 483 g/mol. The van der Waals surface area contributed by atoms with Gasteiger partial charge in [-0.1, -0.05) is 25.5 Å². The second-order valence-electron chi connectivity index (χ2n) is 8.36. The van der Waals surface area contributed by atoms with Crippen molar-refractivity contribution in [2.75, 3.05) is 19.0 Å². The van der Waals surface area contributed by atoms with E-state index in [4.69, 9.17) is 4.74 Å². The Morgan fingerprint density at radius 1 is 1.18 bits per heavy atom. The molecule has 1 saturated carbocycles. The Morgan fingerprint density at radius 2 is 1.88 bits per heavy atom. The number of rotatable bonds is 6. The molecule has 1 aliphatic rings. The average Bonchev–Trinajstić information content (AvgIpc) is 3.20. The number of aliphatic hydroxyl groups excluding tert-OH is 1. The summed E-state index contributed by atoms with van der Waals surface area (Å²) in [6, 6.07) is 5.01. The molecule has 1 fully saturated rings. The number of carbonyl (C=O) groups is 1. The van der Waals surface area contributed by atoms with Crippen molar-refractivity contribution >= 4 is 32.7 Å². The smallest absolute Gasteiger partial charge is 0.325 e. The van der Waals surface area contributed by atoms with E-state index in [2.05, 4.69) is 15.4 Å². The van der Waals surface area contributed by atoms with Crippen LogP contribution >= 0.6 is 10.2 Å². The maximum Gasteiger partial charge on any atom is 0.325 e. The van der Waals surface area contributed by atoms with Gasteiger partial charge in [0.05, 0.1) is 24.4 Å². The van der Waals surface area contributed by atoms with Crippen LogP contribution in [0.25, 0.3) is 10.9 Å². The lowest BCUT2D eigenvalue weighted by Gasteiger charge is -2.39. The number of amides is 1. The maximum atomic E-state index is 13.1. The Balaban J connectivity index is 1.60. The van der Waals surface area contributed by atoms with Crippen molar-refractivity contribution in [3.05, 3.63) is 42.2 Å². The molecule has 34 heavy (non-hydrogen) atoms. The fourth-order valence-corrected chi connectivity index (χ4v) is 4.67. The molecule has 0 saturated heterocycles. The van der Waals surface area contributed by atoms with Crippen molar-refractivity contribution in [1.29, 1.82) is 0 Å². The van der Waals surface area contributed by atoms with Gasteiger partial charge in [0.1, 0.15) is 11.4 Å². The van der Waals surface area contributed by atoms with Crippen LogP contribution < -0.4 is 10.1 Å². The number of methoxy groups -OCH3 is 1. The van der Waals surface area contributed by atoms with Crippen LogP contribution in [0.15, 0.2) is 41.6 Å². The van der Waals surface area contributed by atoms with Crippen LogP contribution in [0.1, 0.15) is 42.2 Å². The summed E-state index contributed by atoms with van der Waals surface area (Å²) >= 11 is 0. The van der Waals surface area contributed by atoms with Crippen LogP contribution in [0.3, 0.4) is 0 Å². The van der Waals surface area contributed by atoms with E-state index in [1.165, 1.54) is 7.11 Å². The van der Waals surface area contributed by atoms with Crippen molar-refractivity contribution in [2.45, 2.75) is 36.8 Å².